The number of phenols is 1. The zero-order valence-electron chi connectivity index (χ0n) is 4.41. The van der Waals surface area contributed by atoms with Gasteiger partial charge in [0.15, 0.2) is 0 Å². The van der Waals surface area contributed by atoms with Crippen LogP contribution >= 0.6 is 0 Å². The smallest absolute Gasteiger partial charge is 0.115 e. The molecule has 2 heteroatoms. The Morgan fingerprint density at radius 3 is 1.75 bits per heavy atom. The molecule has 1 aromatic carbocycles. The van der Waals surface area contributed by atoms with Gasteiger partial charge in [0, 0.05) is 35.6 Å². The molecule has 1 N–H and O–H groups in total. The number of hydrogen-bond acceptors (Lipinski definition) is 1. The van der Waals surface area contributed by atoms with E-state index in [1.165, 1.54) is 0 Å². The van der Waals surface area contributed by atoms with Gasteiger partial charge in [0.2, 0.25) is 0 Å². The average Bonchev–Trinajstić information content (AvgIpc) is 1.69. The van der Waals surface area contributed by atoms with Crippen LogP contribution in [0.1, 0.15) is 0 Å². The van der Waals surface area contributed by atoms with E-state index in [4.69, 9.17) is 5.11 Å². The van der Waals surface area contributed by atoms with Gasteiger partial charge < -0.3 is 5.11 Å². The first-order chi connectivity index (χ1) is 3.39. The topological polar surface area (TPSA) is 20.2 Å². The summed E-state index contributed by atoms with van der Waals surface area (Å²) in [6.07, 6.45) is 0. The molecule has 0 aliphatic carbocycles. The fraction of sp³-hybridized carbons (Fsp3) is 0. The SMILES string of the molecule is Oc1ccccc1.[La]. The van der Waals surface area contributed by atoms with E-state index < -0.39 is 0 Å². The first-order valence-electron chi connectivity index (χ1n) is 2.13. The number of aromatic hydroxyl groups is 1. The van der Waals surface area contributed by atoms with Crippen LogP contribution in [0.15, 0.2) is 30.3 Å². The maximum absolute atomic E-state index is 8.63. The van der Waals surface area contributed by atoms with E-state index in [1.54, 1.807) is 24.3 Å². The quantitative estimate of drug-likeness (QED) is 0.717. The minimum absolute atomic E-state index is 0. The molecule has 0 bridgehead atoms. The van der Waals surface area contributed by atoms with Gasteiger partial charge in [-0.25, -0.2) is 0 Å². The van der Waals surface area contributed by atoms with Crippen molar-refractivity contribution in [2.24, 2.45) is 0 Å². The van der Waals surface area contributed by atoms with Crippen molar-refractivity contribution < 1.29 is 40.7 Å². The normalized spacial score (nSPS) is 7.50. The zero-order chi connectivity index (χ0) is 5.11. The van der Waals surface area contributed by atoms with Crippen molar-refractivity contribution in [3.05, 3.63) is 30.3 Å². The summed E-state index contributed by atoms with van der Waals surface area (Å²) in [5.41, 5.74) is 0. The van der Waals surface area contributed by atoms with Crippen LogP contribution in [-0.2, 0) is 0 Å². The summed E-state index contributed by atoms with van der Waals surface area (Å²) < 4.78 is 0. The summed E-state index contributed by atoms with van der Waals surface area (Å²) in [5.74, 6) is 0.322. The summed E-state index contributed by atoms with van der Waals surface area (Å²) in [6.45, 7) is 0. The summed E-state index contributed by atoms with van der Waals surface area (Å²) >= 11 is 0. The number of para-hydroxylation sites is 1. The molecular weight excluding hydrogens is 227 g/mol. The van der Waals surface area contributed by atoms with Crippen molar-refractivity contribution >= 4 is 0 Å². The van der Waals surface area contributed by atoms with E-state index in [1.807, 2.05) is 6.07 Å². The Labute approximate surface area is 76.3 Å². The molecule has 0 saturated heterocycles. The summed E-state index contributed by atoms with van der Waals surface area (Å²) in [6, 6.07) is 8.71. The second kappa shape index (κ2) is 4.13. The number of phenolic OH excluding ortho intramolecular Hbond substituents is 1. The Bertz CT molecular complexity index is 138. The monoisotopic (exact) mass is 233 g/mol. The van der Waals surface area contributed by atoms with Crippen LogP contribution in [-0.4, -0.2) is 5.11 Å². The Kier molecular flexibility index (Phi) is 4.24. The predicted octanol–water partition coefficient (Wildman–Crippen LogP) is 1.39. The van der Waals surface area contributed by atoms with Gasteiger partial charge in [-0.2, -0.15) is 0 Å². The van der Waals surface area contributed by atoms with Crippen LogP contribution in [0.4, 0.5) is 0 Å². The largest absolute Gasteiger partial charge is 0.508 e. The van der Waals surface area contributed by atoms with Gasteiger partial charge in [-0.1, -0.05) is 18.2 Å². The fourth-order valence-corrected chi connectivity index (χ4v) is 0.428. The number of hydrogen-bond donors (Lipinski definition) is 1. The standard InChI is InChI=1S/C6H6O.La/c7-6-4-2-1-3-5-6;/h1-5,7H;. The van der Waals surface area contributed by atoms with E-state index in [9.17, 15) is 0 Å². The third-order valence-electron chi connectivity index (χ3n) is 0.756. The molecule has 0 saturated carbocycles. The van der Waals surface area contributed by atoms with E-state index in [-0.39, 0.29) is 35.6 Å². The molecule has 0 heterocycles. The summed E-state index contributed by atoms with van der Waals surface area (Å²) in [5, 5.41) is 8.63. The Morgan fingerprint density at radius 1 is 1.00 bits per heavy atom. The number of rotatable bonds is 0. The summed E-state index contributed by atoms with van der Waals surface area (Å²) in [7, 11) is 0. The molecule has 1 rings (SSSR count). The molecule has 0 aliphatic heterocycles. The minimum Gasteiger partial charge on any atom is -0.508 e. The van der Waals surface area contributed by atoms with E-state index in [2.05, 4.69) is 0 Å². The molecule has 1 nitrogen and oxygen atoms in total. The molecule has 8 heavy (non-hydrogen) atoms. The molecule has 0 atom stereocenters. The fourth-order valence-electron chi connectivity index (χ4n) is 0.428. The van der Waals surface area contributed by atoms with Crippen LogP contribution in [0.3, 0.4) is 0 Å². The third kappa shape index (κ3) is 2.50. The van der Waals surface area contributed by atoms with Crippen LogP contribution in [0.25, 0.3) is 0 Å². The molecule has 0 spiro atoms. The van der Waals surface area contributed by atoms with Crippen molar-refractivity contribution in [1.82, 2.24) is 0 Å². The molecule has 0 fully saturated rings. The van der Waals surface area contributed by atoms with Crippen molar-refractivity contribution in [2.45, 2.75) is 0 Å². The van der Waals surface area contributed by atoms with E-state index >= 15 is 0 Å². The van der Waals surface area contributed by atoms with Crippen molar-refractivity contribution in [3.63, 3.8) is 0 Å². The van der Waals surface area contributed by atoms with Crippen LogP contribution < -0.4 is 0 Å². The van der Waals surface area contributed by atoms with Crippen molar-refractivity contribution in [3.8, 4) is 5.75 Å². The Morgan fingerprint density at radius 2 is 1.50 bits per heavy atom. The molecule has 1 radical (unpaired) electrons. The minimum atomic E-state index is 0. The van der Waals surface area contributed by atoms with Gasteiger partial charge in [-0.3, -0.25) is 0 Å². The Balaban J connectivity index is 0.000000490. The molecular formula is C6H6LaO. The predicted molar refractivity (Wildman–Crippen MR) is 28.1 cm³/mol. The van der Waals surface area contributed by atoms with Gasteiger partial charge in [0.1, 0.15) is 5.75 Å². The molecule has 0 aliphatic rings. The van der Waals surface area contributed by atoms with Gasteiger partial charge in [-0.05, 0) is 12.1 Å². The molecule has 0 amide bonds. The Hall–Kier alpha value is 0.215. The molecule has 1 aromatic rings. The second-order valence-electron chi connectivity index (χ2n) is 1.34. The van der Waals surface area contributed by atoms with Crippen molar-refractivity contribution in [2.75, 3.05) is 0 Å². The van der Waals surface area contributed by atoms with Crippen molar-refractivity contribution in [1.29, 1.82) is 0 Å². The first kappa shape index (κ1) is 8.21. The zero-order valence-corrected chi connectivity index (χ0v) is 8.04. The number of benzene rings is 1. The second-order valence-corrected chi connectivity index (χ2v) is 1.34. The molecule has 0 unspecified atom stereocenters. The van der Waals surface area contributed by atoms with E-state index in [0.717, 1.165) is 0 Å². The maximum atomic E-state index is 8.63. The summed E-state index contributed by atoms with van der Waals surface area (Å²) in [4.78, 5) is 0. The molecule has 39 valence electrons. The first-order valence-corrected chi connectivity index (χ1v) is 2.13. The van der Waals surface area contributed by atoms with Gasteiger partial charge in [0.25, 0.3) is 0 Å². The third-order valence-corrected chi connectivity index (χ3v) is 0.756. The van der Waals surface area contributed by atoms with Crippen LogP contribution in [0.5, 0.6) is 5.75 Å². The molecule has 0 aromatic heterocycles. The van der Waals surface area contributed by atoms with E-state index in [0.29, 0.717) is 5.75 Å². The average molecular weight is 233 g/mol. The van der Waals surface area contributed by atoms with Gasteiger partial charge >= 0.3 is 0 Å². The van der Waals surface area contributed by atoms with Crippen LogP contribution in [0, 0.1) is 35.6 Å². The van der Waals surface area contributed by atoms with Crippen LogP contribution in [0.2, 0.25) is 0 Å². The maximum Gasteiger partial charge on any atom is 0.115 e. The van der Waals surface area contributed by atoms with Gasteiger partial charge in [-0.15, -0.1) is 0 Å². The van der Waals surface area contributed by atoms with Gasteiger partial charge in [0.05, 0.1) is 0 Å².